The first-order valence-electron chi connectivity index (χ1n) is 5.99. The van der Waals surface area contributed by atoms with Crippen LogP contribution in [-0.4, -0.2) is 6.61 Å². The largest absolute Gasteiger partial charge is 0.493 e. The second kappa shape index (κ2) is 5.25. The predicted molar refractivity (Wildman–Crippen MR) is 80.5 cm³/mol. The summed E-state index contributed by atoms with van der Waals surface area (Å²) in [7, 11) is 0. The molecule has 0 amide bonds. The average molecular weight is 386 g/mol. The van der Waals surface area contributed by atoms with Crippen molar-refractivity contribution >= 4 is 31.9 Å². The molecule has 0 bridgehead atoms. The van der Waals surface area contributed by atoms with Gasteiger partial charge in [-0.1, -0.05) is 44.0 Å². The summed E-state index contributed by atoms with van der Waals surface area (Å²) >= 11 is 6.97. The molecule has 4 heteroatoms. The number of hydrogen-bond acceptors (Lipinski definition) is 1. The van der Waals surface area contributed by atoms with Gasteiger partial charge in [0, 0.05) is 10.9 Å². The van der Waals surface area contributed by atoms with E-state index in [0.29, 0.717) is 0 Å². The number of benzene rings is 2. The summed E-state index contributed by atoms with van der Waals surface area (Å²) in [5, 5.41) is 0. The number of halogens is 3. The molecule has 0 aliphatic carbocycles. The van der Waals surface area contributed by atoms with Crippen LogP contribution in [0.2, 0.25) is 0 Å². The van der Waals surface area contributed by atoms with E-state index in [-0.39, 0.29) is 10.6 Å². The third kappa shape index (κ3) is 2.70. The Hall–Kier alpha value is -0.870. The Bertz CT molecular complexity index is 607. The summed E-state index contributed by atoms with van der Waals surface area (Å²) in [6.45, 7) is 0.747. The Morgan fingerprint density at radius 1 is 1.11 bits per heavy atom. The summed E-state index contributed by atoms with van der Waals surface area (Å²) in [6.07, 6.45) is 0.940. The molecular weight excluding hydrogens is 375 g/mol. The standard InChI is InChI=1S/C15H11Br2FO/c16-12-6-11(7-13(18)8-12)15(17)10-1-2-14-9(5-10)3-4-19-14/h1-2,5-8,15H,3-4H2. The van der Waals surface area contributed by atoms with Crippen LogP contribution < -0.4 is 4.74 Å². The Morgan fingerprint density at radius 3 is 2.74 bits per heavy atom. The molecule has 2 aromatic rings. The van der Waals surface area contributed by atoms with Crippen LogP contribution in [-0.2, 0) is 6.42 Å². The van der Waals surface area contributed by atoms with E-state index < -0.39 is 0 Å². The van der Waals surface area contributed by atoms with Crippen molar-refractivity contribution in [3.8, 4) is 5.75 Å². The van der Waals surface area contributed by atoms with Crippen LogP contribution in [0.3, 0.4) is 0 Å². The molecule has 0 saturated heterocycles. The van der Waals surface area contributed by atoms with E-state index in [2.05, 4.69) is 37.9 Å². The molecule has 0 saturated carbocycles. The van der Waals surface area contributed by atoms with Crippen LogP contribution in [0.15, 0.2) is 40.9 Å². The van der Waals surface area contributed by atoms with Gasteiger partial charge in [0.1, 0.15) is 11.6 Å². The maximum absolute atomic E-state index is 13.5. The molecule has 0 aromatic heterocycles. The zero-order valence-electron chi connectivity index (χ0n) is 10.00. The molecule has 1 atom stereocenters. The fourth-order valence-electron chi connectivity index (χ4n) is 2.28. The normalized spacial score (nSPS) is 14.9. The van der Waals surface area contributed by atoms with E-state index in [9.17, 15) is 4.39 Å². The van der Waals surface area contributed by atoms with Crippen LogP contribution in [0.1, 0.15) is 21.5 Å². The van der Waals surface area contributed by atoms with Crippen LogP contribution >= 0.6 is 31.9 Å². The highest BCUT2D eigenvalue weighted by atomic mass is 79.9. The summed E-state index contributed by atoms with van der Waals surface area (Å²) in [5.74, 6) is 0.724. The van der Waals surface area contributed by atoms with Crippen molar-refractivity contribution in [2.75, 3.05) is 6.61 Å². The molecule has 19 heavy (non-hydrogen) atoms. The molecule has 1 aliphatic heterocycles. The van der Waals surface area contributed by atoms with Crippen LogP contribution in [0.25, 0.3) is 0 Å². The van der Waals surface area contributed by atoms with E-state index in [0.717, 1.165) is 34.4 Å². The summed E-state index contributed by atoms with van der Waals surface area (Å²) < 4.78 is 19.7. The van der Waals surface area contributed by atoms with Gasteiger partial charge in [-0.2, -0.15) is 0 Å². The van der Waals surface area contributed by atoms with E-state index >= 15 is 0 Å². The zero-order chi connectivity index (χ0) is 13.4. The van der Waals surface area contributed by atoms with Crippen molar-refractivity contribution in [3.63, 3.8) is 0 Å². The van der Waals surface area contributed by atoms with Crippen molar-refractivity contribution in [2.24, 2.45) is 0 Å². The fraction of sp³-hybridized carbons (Fsp3) is 0.200. The van der Waals surface area contributed by atoms with Gasteiger partial charge in [0.15, 0.2) is 0 Å². The molecule has 0 radical (unpaired) electrons. The minimum atomic E-state index is -0.238. The van der Waals surface area contributed by atoms with Gasteiger partial charge in [-0.25, -0.2) is 4.39 Å². The Morgan fingerprint density at radius 2 is 1.95 bits per heavy atom. The maximum atomic E-state index is 13.5. The molecule has 98 valence electrons. The van der Waals surface area contributed by atoms with Crippen molar-refractivity contribution in [1.29, 1.82) is 0 Å². The Balaban J connectivity index is 1.97. The second-order valence-electron chi connectivity index (χ2n) is 4.53. The van der Waals surface area contributed by atoms with Crippen LogP contribution in [0.5, 0.6) is 5.75 Å². The van der Waals surface area contributed by atoms with Gasteiger partial charge in [-0.05, 0) is 41.0 Å². The number of ether oxygens (including phenoxy) is 1. The molecule has 1 aliphatic rings. The quantitative estimate of drug-likeness (QED) is 0.660. The van der Waals surface area contributed by atoms with Crippen molar-refractivity contribution < 1.29 is 9.13 Å². The highest BCUT2D eigenvalue weighted by Crippen LogP contribution is 2.36. The first-order valence-corrected chi connectivity index (χ1v) is 7.70. The highest BCUT2D eigenvalue weighted by molar-refractivity contribution is 9.10. The lowest BCUT2D eigenvalue weighted by Gasteiger charge is -2.12. The predicted octanol–water partition coefficient (Wildman–Crippen LogP) is 5.01. The molecule has 1 nitrogen and oxygen atoms in total. The van der Waals surface area contributed by atoms with Gasteiger partial charge in [-0.3, -0.25) is 0 Å². The molecule has 1 unspecified atom stereocenters. The molecule has 2 aromatic carbocycles. The van der Waals surface area contributed by atoms with Gasteiger partial charge in [0.2, 0.25) is 0 Å². The summed E-state index contributed by atoms with van der Waals surface area (Å²) in [6, 6.07) is 11.1. The SMILES string of the molecule is Fc1cc(Br)cc(C(Br)c2ccc3c(c2)CCO3)c1. The fourth-order valence-corrected chi connectivity index (χ4v) is 3.31. The summed E-state index contributed by atoms with van der Waals surface area (Å²) in [4.78, 5) is -0.0228. The van der Waals surface area contributed by atoms with Gasteiger partial charge in [0.25, 0.3) is 0 Å². The zero-order valence-corrected chi connectivity index (χ0v) is 13.2. The number of fused-ring (bicyclic) bond motifs is 1. The first-order chi connectivity index (χ1) is 9.13. The van der Waals surface area contributed by atoms with Gasteiger partial charge >= 0.3 is 0 Å². The number of hydrogen-bond donors (Lipinski definition) is 0. The van der Waals surface area contributed by atoms with E-state index in [4.69, 9.17) is 4.74 Å². The minimum Gasteiger partial charge on any atom is -0.493 e. The lowest BCUT2D eigenvalue weighted by molar-refractivity contribution is 0.357. The van der Waals surface area contributed by atoms with Crippen molar-refractivity contribution in [1.82, 2.24) is 0 Å². The monoisotopic (exact) mass is 384 g/mol. The van der Waals surface area contributed by atoms with Gasteiger partial charge in [-0.15, -0.1) is 0 Å². The topological polar surface area (TPSA) is 9.23 Å². The average Bonchev–Trinajstić information content (AvgIpc) is 2.83. The third-order valence-electron chi connectivity index (χ3n) is 3.18. The smallest absolute Gasteiger partial charge is 0.124 e. The first kappa shape index (κ1) is 13.1. The third-order valence-corrected chi connectivity index (χ3v) is 4.70. The van der Waals surface area contributed by atoms with E-state index in [1.165, 1.54) is 11.6 Å². The Labute approximate surface area is 128 Å². The lowest BCUT2D eigenvalue weighted by Crippen LogP contribution is -1.95. The molecule has 1 heterocycles. The molecule has 0 N–H and O–H groups in total. The van der Waals surface area contributed by atoms with Crippen LogP contribution in [0.4, 0.5) is 4.39 Å². The second-order valence-corrected chi connectivity index (χ2v) is 6.36. The maximum Gasteiger partial charge on any atom is 0.124 e. The van der Waals surface area contributed by atoms with Gasteiger partial charge < -0.3 is 4.74 Å². The molecule has 3 rings (SSSR count). The number of rotatable bonds is 2. The van der Waals surface area contributed by atoms with Crippen LogP contribution in [0, 0.1) is 5.82 Å². The molecule has 0 fully saturated rings. The van der Waals surface area contributed by atoms with Crippen molar-refractivity contribution in [3.05, 3.63) is 63.4 Å². The van der Waals surface area contributed by atoms with E-state index in [1.54, 1.807) is 6.07 Å². The minimum absolute atomic E-state index is 0.0228. The van der Waals surface area contributed by atoms with Crippen molar-refractivity contribution in [2.45, 2.75) is 11.2 Å². The molecule has 0 spiro atoms. The Kier molecular flexibility index (Phi) is 3.63. The molecular formula is C15H11Br2FO. The summed E-state index contributed by atoms with van der Waals surface area (Å²) in [5.41, 5.74) is 3.23. The van der Waals surface area contributed by atoms with E-state index in [1.807, 2.05) is 18.2 Å². The number of alkyl halides is 1. The highest BCUT2D eigenvalue weighted by Gasteiger charge is 2.17. The van der Waals surface area contributed by atoms with Gasteiger partial charge in [0.05, 0.1) is 11.4 Å². The lowest BCUT2D eigenvalue weighted by atomic mass is 10.0.